The highest BCUT2D eigenvalue weighted by Gasteiger charge is 2.31. The molecule has 76 valence electrons. The van der Waals surface area contributed by atoms with Gasteiger partial charge in [-0.1, -0.05) is 31.2 Å². The van der Waals surface area contributed by atoms with E-state index in [0.717, 1.165) is 11.1 Å². The molecule has 0 bridgehead atoms. The third-order valence-electron chi connectivity index (χ3n) is 2.63. The molecule has 0 aromatic heterocycles. The summed E-state index contributed by atoms with van der Waals surface area (Å²) in [7, 11) is 0. The number of amides is 1. The third-order valence-corrected chi connectivity index (χ3v) is 2.63. The first-order valence-electron chi connectivity index (χ1n) is 4.83. The first-order valence-corrected chi connectivity index (χ1v) is 4.83. The maximum atomic E-state index is 11.8. The van der Waals surface area contributed by atoms with Crippen molar-refractivity contribution in [2.45, 2.75) is 13.3 Å². The molecular formula is C12H11NO2. The van der Waals surface area contributed by atoms with Crippen molar-refractivity contribution in [2.75, 3.05) is 0 Å². The SMILES string of the molecule is CCC1=C(C(N)=O)C(=O)c2ccccc21. The van der Waals surface area contributed by atoms with Crippen LogP contribution in [-0.2, 0) is 4.79 Å². The fourth-order valence-electron chi connectivity index (χ4n) is 1.98. The van der Waals surface area contributed by atoms with Gasteiger partial charge in [-0.3, -0.25) is 9.59 Å². The molecule has 0 aliphatic heterocycles. The van der Waals surface area contributed by atoms with Gasteiger partial charge >= 0.3 is 0 Å². The van der Waals surface area contributed by atoms with Gasteiger partial charge in [0, 0.05) is 5.56 Å². The highest BCUT2D eigenvalue weighted by Crippen LogP contribution is 2.34. The molecule has 0 fully saturated rings. The predicted molar refractivity (Wildman–Crippen MR) is 57.2 cm³/mol. The van der Waals surface area contributed by atoms with Crippen LogP contribution >= 0.6 is 0 Å². The Morgan fingerprint density at radius 2 is 1.87 bits per heavy atom. The second-order valence-corrected chi connectivity index (χ2v) is 3.45. The predicted octanol–water partition coefficient (Wildman–Crippen LogP) is 1.53. The summed E-state index contributed by atoms with van der Waals surface area (Å²) >= 11 is 0. The molecule has 3 nitrogen and oxygen atoms in total. The van der Waals surface area contributed by atoms with Gasteiger partial charge in [0.2, 0.25) is 0 Å². The van der Waals surface area contributed by atoms with Gasteiger partial charge in [-0.05, 0) is 17.6 Å². The first-order chi connectivity index (χ1) is 7.16. The average Bonchev–Trinajstić information content (AvgIpc) is 2.52. The summed E-state index contributed by atoms with van der Waals surface area (Å²) in [4.78, 5) is 23.0. The number of benzene rings is 1. The first kappa shape index (κ1) is 9.65. The number of carbonyl (C=O) groups excluding carboxylic acids is 2. The minimum Gasteiger partial charge on any atom is -0.365 e. The van der Waals surface area contributed by atoms with E-state index < -0.39 is 5.91 Å². The molecule has 0 heterocycles. The molecule has 2 N–H and O–H groups in total. The molecule has 0 atom stereocenters. The lowest BCUT2D eigenvalue weighted by Gasteiger charge is -2.00. The number of fused-ring (bicyclic) bond motifs is 1. The lowest BCUT2D eigenvalue weighted by atomic mass is 10.0. The Morgan fingerprint density at radius 1 is 1.27 bits per heavy atom. The molecule has 0 unspecified atom stereocenters. The number of nitrogens with two attached hydrogens (primary N) is 1. The minimum atomic E-state index is -0.631. The summed E-state index contributed by atoms with van der Waals surface area (Å²) in [5.74, 6) is -0.872. The van der Waals surface area contributed by atoms with Crippen LogP contribution in [0.3, 0.4) is 0 Å². The average molecular weight is 201 g/mol. The second-order valence-electron chi connectivity index (χ2n) is 3.45. The molecule has 1 aromatic rings. The van der Waals surface area contributed by atoms with Crippen LogP contribution in [-0.4, -0.2) is 11.7 Å². The van der Waals surface area contributed by atoms with Crippen molar-refractivity contribution in [1.82, 2.24) is 0 Å². The summed E-state index contributed by atoms with van der Waals surface area (Å²) in [6, 6.07) is 7.21. The molecule has 0 spiro atoms. The summed E-state index contributed by atoms with van der Waals surface area (Å²) in [5, 5.41) is 0. The second kappa shape index (κ2) is 3.35. The molecule has 1 aliphatic rings. The lowest BCUT2D eigenvalue weighted by Crippen LogP contribution is -2.19. The number of hydrogen-bond donors (Lipinski definition) is 1. The van der Waals surface area contributed by atoms with E-state index in [0.29, 0.717) is 12.0 Å². The minimum absolute atomic E-state index is 0.152. The Morgan fingerprint density at radius 3 is 2.40 bits per heavy atom. The fraction of sp³-hybridized carbons (Fsp3) is 0.167. The van der Waals surface area contributed by atoms with Gasteiger partial charge in [-0.2, -0.15) is 0 Å². The van der Waals surface area contributed by atoms with E-state index in [1.54, 1.807) is 12.1 Å². The van der Waals surface area contributed by atoms with Crippen molar-refractivity contribution in [3.63, 3.8) is 0 Å². The van der Waals surface area contributed by atoms with E-state index in [1.165, 1.54) is 0 Å². The Kier molecular flexibility index (Phi) is 2.15. The number of allylic oxidation sites excluding steroid dienone is 1. The molecule has 1 amide bonds. The zero-order chi connectivity index (χ0) is 11.0. The van der Waals surface area contributed by atoms with Crippen LogP contribution in [0.4, 0.5) is 0 Å². The maximum Gasteiger partial charge on any atom is 0.252 e. The normalized spacial score (nSPS) is 14.3. The van der Waals surface area contributed by atoms with Gasteiger partial charge in [0.05, 0.1) is 5.57 Å². The largest absolute Gasteiger partial charge is 0.365 e. The number of rotatable bonds is 2. The zero-order valence-electron chi connectivity index (χ0n) is 8.41. The van der Waals surface area contributed by atoms with E-state index in [-0.39, 0.29) is 11.4 Å². The van der Waals surface area contributed by atoms with Gasteiger partial charge in [0.25, 0.3) is 5.91 Å². The van der Waals surface area contributed by atoms with E-state index >= 15 is 0 Å². The zero-order valence-corrected chi connectivity index (χ0v) is 8.41. The monoisotopic (exact) mass is 201 g/mol. The van der Waals surface area contributed by atoms with Crippen LogP contribution in [0.2, 0.25) is 0 Å². The Bertz CT molecular complexity index is 486. The Hall–Kier alpha value is -1.90. The van der Waals surface area contributed by atoms with E-state index in [1.807, 2.05) is 19.1 Å². The maximum absolute atomic E-state index is 11.8. The molecule has 1 aromatic carbocycles. The highest BCUT2D eigenvalue weighted by molar-refractivity contribution is 6.34. The quantitative estimate of drug-likeness (QED) is 0.737. The van der Waals surface area contributed by atoms with Gasteiger partial charge in [0.1, 0.15) is 0 Å². The topological polar surface area (TPSA) is 60.2 Å². The van der Waals surface area contributed by atoms with Crippen molar-refractivity contribution < 1.29 is 9.59 Å². The van der Waals surface area contributed by atoms with Gasteiger partial charge in [-0.25, -0.2) is 0 Å². The van der Waals surface area contributed by atoms with Gasteiger partial charge in [-0.15, -0.1) is 0 Å². The summed E-state index contributed by atoms with van der Waals surface area (Å²) in [6.45, 7) is 1.91. The van der Waals surface area contributed by atoms with Crippen LogP contribution in [0, 0.1) is 0 Å². The van der Waals surface area contributed by atoms with E-state index in [4.69, 9.17) is 5.73 Å². The van der Waals surface area contributed by atoms with Crippen LogP contribution in [0.1, 0.15) is 29.3 Å². The summed E-state index contributed by atoms with van der Waals surface area (Å²) in [6.07, 6.45) is 0.640. The van der Waals surface area contributed by atoms with Crippen molar-refractivity contribution in [2.24, 2.45) is 5.73 Å². The van der Waals surface area contributed by atoms with E-state index in [2.05, 4.69) is 0 Å². The van der Waals surface area contributed by atoms with Crippen LogP contribution in [0.15, 0.2) is 29.8 Å². The summed E-state index contributed by atoms with van der Waals surface area (Å²) < 4.78 is 0. The van der Waals surface area contributed by atoms with Crippen LogP contribution in [0.5, 0.6) is 0 Å². The van der Waals surface area contributed by atoms with Crippen molar-refractivity contribution in [1.29, 1.82) is 0 Å². The number of primary amides is 1. The molecule has 0 saturated carbocycles. The van der Waals surface area contributed by atoms with E-state index in [9.17, 15) is 9.59 Å². The molecular weight excluding hydrogens is 190 g/mol. The smallest absolute Gasteiger partial charge is 0.252 e. The number of Topliss-reactive ketones (excluding diaryl/α,β-unsaturated/α-hetero) is 1. The molecule has 15 heavy (non-hydrogen) atoms. The number of hydrogen-bond acceptors (Lipinski definition) is 2. The molecule has 3 heteroatoms. The van der Waals surface area contributed by atoms with Crippen LogP contribution in [0.25, 0.3) is 5.57 Å². The van der Waals surface area contributed by atoms with Crippen molar-refractivity contribution >= 4 is 17.3 Å². The fourth-order valence-corrected chi connectivity index (χ4v) is 1.98. The molecule has 0 radical (unpaired) electrons. The number of carbonyl (C=O) groups is 2. The third kappa shape index (κ3) is 1.28. The number of ketones is 1. The standard InChI is InChI=1S/C12H11NO2/c1-2-7-8-5-3-4-6-9(8)11(14)10(7)12(13)15/h3-6H,2H2,1H3,(H2,13,15). The van der Waals surface area contributed by atoms with Gasteiger partial charge < -0.3 is 5.73 Å². The van der Waals surface area contributed by atoms with Crippen LogP contribution < -0.4 is 5.73 Å². The molecule has 2 rings (SSSR count). The molecule has 0 saturated heterocycles. The summed E-state index contributed by atoms with van der Waals surface area (Å²) in [5.41, 5.74) is 7.57. The van der Waals surface area contributed by atoms with Crippen molar-refractivity contribution in [3.8, 4) is 0 Å². The lowest BCUT2D eigenvalue weighted by molar-refractivity contribution is -0.114. The van der Waals surface area contributed by atoms with Gasteiger partial charge in [0.15, 0.2) is 5.78 Å². The highest BCUT2D eigenvalue weighted by atomic mass is 16.2. The molecule has 1 aliphatic carbocycles. The Labute approximate surface area is 87.6 Å². The Balaban J connectivity index is 2.69. The van der Waals surface area contributed by atoms with Crippen molar-refractivity contribution in [3.05, 3.63) is 41.0 Å².